The van der Waals surface area contributed by atoms with Crippen LogP contribution in [0.4, 0.5) is 5.82 Å². The molecule has 33 heavy (non-hydrogen) atoms. The maximum Gasteiger partial charge on any atom is 0.259 e. The molecule has 4 rings (SSSR count). The van der Waals surface area contributed by atoms with Crippen molar-refractivity contribution in [2.45, 2.75) is 20.1 Å². The number of hydrogen-bond donors (Lipinski definition) is 1. The number of benzene rings is 3. The summed E-state index contributed by atoms with van der Waals surface area (Å²) in [6.07, 6.45) is 0. The van der Waals surface area contributed by atoms with E-state index >= 15 is 0 Å². The Hall–Kier alpha value is -2.99. The van der Waals surface area contributed by atoms with Crippen molar-refractivity contribution in [3.63, 3.8) is 0 Å². The van der Waals surface area contributed by atoms with Crippen LogP contribution in [0.5, 0.6) is 5.75 Å². The fourth-order valence-electron chi connectivity index (χ4n) is 3.33. The van der Waals surface area contributed by atoms with Crippen molar-refractivity contribution in [2.75, 3.05) is 5.32 Å². The lowest BCUT2D eigenvalue weighted by Gasteiger charge is -2.13. The van der Waals surface area contributed by atoms with Gasteiger partial charge in [0.05, 0.1) is 22.2 Å². The van der Waals surface area contributed by atoms with E-state index in [2.05, 4.69) is 10.4 Å². The predicted molar refractivity (Wildman–Crippen MR) is 133 cm³/mol. The van der Waals surface area contributed by atoms with Crippen molar-refractivity contribution in [3.8, 4) is 5.75 Å². The lowest BCUT2D eigenvalue weighted by molar-refractivity contribution is 0.102. The second kappa shape index (κ2) is 10.3. The maximum atomic E-state index is 12.7. The van der Waals surface area contributed by atoms with E-state index in [-0.39, 0.29) is 15.6 Å². The van der Waals surface area contributed by atoms with Crippen molar-refractivity contribution in [1.82, 2.24) is 9.78 Å². The minimum absolute atomic E-state index is 0.208. The molecule has 4 aromatic rings. The molecular formula is C25H20Cl3N3O2. The van der Waals surface area contributed by atoms with Crippen molar-refractivity contribution >= 4 is 46.5 Å². The van der Waals surface area contributed by atoms with Crippen molar-refractivity contribution in [2.24, 2.45) is 0 Å². The van der Waals surface area contributed by atoms with E-state index in [0.717, 1.165) is 16.8 Å². The number of nitrogens with one attached hydrogen (secondary N) is 1. The molecule has 0 spiro atoms. The van der Waals surface area contributed by atoms with Gasteiger partial charge >= 0.3 is 0 Å². The summed E-state index contributed by atoms with van der Waals surface area (Å²) in [4.78, 5) is 12.7. The van der Waals surface area contributed by atoms with E-state index in [4.69, 9.17) is 39.5 Å². The second-order valence-corrected chi connectivity index (χ2v) is 8.66. The molecule has 0 radical (unpaired) electrons. The Kier molecular flexibility index (Phi) is 7.23. The highest BCUT2D eigenvalue weighted by atomic mass is 35.5. The number of carbonyl (C=O) groups excluding carboxylic acids is 1. The normalized spacial score (nSPS) is 10.8. The van der Waals surface area contributed by atoms with Gasteiger partial charge in [-0.3, -0.25) is 9.48 Å². The highest BCUT2D eigenvalue weighted by molar-refractivity contribution is 6.40. The highest BCUT2D eigenvalue weighted by Gasteiger charge is 2.17. The van der Waals surface area contributed by atoms with Gasteiger partial charge < -0.3 is 10.1 Å². The molecule has 0 aliphatic rings. The average Bonchev–Trinajstić information content (AvgIpc) is 3.12. The molecular weight excluding hydrogens is 481 g/mol. The summed E-state index contributed by atoms with van der Waals surface area (Å²) in [5, 5.41) is 8.43. The summed E-state index contributed by atoms with van der Waals surface area (Å²) >= 11 is 18.5. The Morgan fingerprint density at radius 2 is 1.70 bits per heavy atom. The number of aryl methyl sites for hydroxylation is 1. The molecule has 0 saturated carbocycles. The van der Waals surface area contributed by atoms with Crippen LogP contribution in [0, 0.1) is 6.92 Å². The molecule has 0 bridgehead atoms. The average molecular weight is 501 g/mol. The van der Waals surface area contributed by atoms with E-state index in [9.17, 15) is 4.79 Å². The van der Waals surface area contributed by atoms with Crippen molar-refractivity contribution in [3.05, 3.63) is 110 Å². The third kappa shape index (κ3) is 5.69. The third-order valence-corrected chi connectivity index (χ3v) is 5.86. The summed E-state index contributed by atoms with van der Waals surface area (Å²) < 4.78 is 7.82. The van der Waals surface area contributed by atoms with Crippen LogP contribution in [-0.4, -0.2) is 15.7 Å². The lowest BCUT2D eigenvalue weighted by Crippen LogP contribution is -2.14. The summed E-state index contributed by atoms with van der Waals surface area (Å²) in [7, 11) is 0. The minimum atomic E-state index is -0.426. The summed E-state index contributed by atoms with van der Waals surface area (Å²) in [6.45, 7) is 2.76. The molecule has 3 aromatic carbocycles. The van der Waals surface area contributed by atoms with Crippen molar-refractivity contribution < 1.29 is 9.53 Å². The van der Waals surface area contributed by atoms with Gasteiger partial charge in [0.25, 0.3) is 5.91 Å². The minimum Gasteiger partial charge on any atom is -0.489 e. The SMILES string of the molecule is Cc1cc(NC(=O)c2c(Cl)cccc2Cl)nn1Cc1cc(Cl)ccc1OCc1ccccc1. The summed E-state index contributed by atoms with van der Waals surface area (Å²) in [6, 6.07) is 22.1. The number of amides is 1. The number of anilines is 1. The van der Waals surface area contributed by atoms with Crippen LogP contribution in [0.1, 0.15) is 27.2 Å². The molecule has 0 fully saturated rings. The highest BCUT2D eigenvalue weighted by Crippen LogP contribution is 2.27. The van der Waals surface area contributed by atoms with Gasteiger partial charge in [-0.15, -0.1) is 0 Å². The third-order valence-electron chi connectivity index (χ3n) is 4.99. The predicted octanol–water partition coefficient (Wildman–Crippen LogP) is 7.03. The zero-order chi connectivity index (χ0) is 23.4. The maximum absolute atomic E-state index is 12.7. The smallest absolute Gasteiger partial charge is 0.259 e. The Labute approximate surface area is 206 Å². The number of halogens is 3. The summed E-state index contributed by atoms with van der Waals surface area (Å²) in [5.41, 5.74) is 3.00. The van der Waals surface area contributed by atoms with Crippen LogP contribution < -0.4 is 10.1 Å². The molecule has 1 heterocycles. The molecule has 0 unspecified atom stereocenters. The van der Waals surface area contributed by atoms with Crippen molar-refractivity contribution in [1.29, 1.82) is 0 Å². The fourth-order valence-corrected chi connectivity index (χ4v) is 4.10. The molecule has 0 aliphatic carbocycles. The number of carbonyl (C=O) groups is 1. The molecule has 0 atom stereocenters. The van der Waals surface area contributed by atoms with E-state index in [0.29, 0.717) is 29.7 Å². The molecule has 8 heteroatoms. The fraction of sp³-hybridized carbons (Fsp3) is 0.120. The van der Waals surface area contributed by atoms with Crippen LogP contribution in [0.3, 0.4) is 0 Å². The van der Waals surface area contributed by atoms with E-state index in [1.165, 1.54) is 0 Å². The van der Waals surface area contributed by atoms with Gasteiger partial charge in [0.2, 0.25) is 0 Å². The Balaban J connectivity index is 1.52. The molecule has 1 amide bonds. The molecule has 168 valence electrons. The number of rotatable bonds is 7. The molecule has 0 aliphatic heterocycles. The number of ether oxygens (including phenoxy) is 1. The van der Waals surface area contributed by atoms with Gasteiger partial charge in [-0.1, -0.05) is 71.2 Å². The zero-order valence-electron chi connectivity index (χ0n) is 17.7. The number of hydrogen-bond acceptors (Lipinski definition) is 3. The quantitative estimate of drug-likeness (QED) is 0.296. The second-order valence-electron chi connectivity index (χ2n) is 7.41. The van der Waals surface area contributed by atoms with E-state index < -0.39 is 5.91 Å². The van der Waals surface area contributed by atoms with Gasteiger partial charge in [-0.05, 0) is 42.8 Å². The first kappa shape index (κ1) is 23.2. The first-order valence-corrected chi connectivity index (χ1v) is 11.3. The Morgan fingerprint density at radius 3 is 2.42 bits per heavy atom. The van der Waals surface area contributed by atoms with Gasteiger partial charge in [0.1, 0.15) is 12.4 Å². The first-order chi connectivity index (χ1) is 15.9. The Bertz CT molecular complexity index is 1270. The largest absolute Gasteiger partial charge is 0.489 e. The standard InChI is InChI=1S/C25H20Cl3N3O2/c1-16-12-23(29-25(32)24-20(27)8-5-9-21(24)28)30-31(16)14-18-13-19(26)10-11-22(18)33-15-17-6-3-2-4-7-17/h2-13H,14-15H2,1H3,(H,29,30,32). The first-order valence-electron chi connectivity index (χ1n) is 10.2. The van der Waals surface area contributed by atoms with Crippen LogP contribution in [0.2, 0.25) is 15.1 Å². The zero-order valence-corrected chi connectivity index (χ0v) is 20.0. The monoisotopic (exact) mass is 499 g/mol. The van der Waals surface area contributed by atoms with Gasteiger partial charge in [-0.25, -0.2) is 0 Å². The van der Waals surface area contributed by atoms with Gasteiger partial charge in [0.15, 0.2) is 5.82 Å². The van der Waals surface area contributed by atoms with E-state index in [1.54, 1.807) is 35.0 Å². The van der Waals surface area contributed by atoms with Gasteiger partial charge in [0, 0.05) is 22.3 Å². The van der Waals surface area contributed by atoms with Crippen LogP contribution in [-0.2, 0) is 13.2 Å². The lowest BCUT2D eigenvalue weighted by atomic mass is 10.2. The molecule has 0 saturated heterocycles. The topological polar surface area (TPSA) is 56.2 Å². The van der Waals surface area contributed by atoms with E-state index in [1.807, 2.05) is 49.4 Å². The number of aromatic nitrogens is 2. The van der Waals surface area contributed by atoms with Crippen LogP contribution in [0.25, 0.3) is 0 Å². The molecule has 1 N–H and O–H groups in total. The molecule has 1 aromatic heterocycles. The summed E-state index contributed by atoms with van der Waals surface area (Å²) in [5.74, 6) is 0.679. The van der Waals surface area contributed by atoms with Crippen LogP contribution in [0.15, 0.2) is 72.8 Å². The number of nitrogens with zero attached hydrogens (tertiary/aromatic N) is 2. The van der Waals surface area contributed by atoms with Crippen LogP contribution >= 0.6 is 34.8 Å². The van der Waals surface area contributed by atoms with Gasteiger partial charge in [-0.2, -0.15) is 5.10 Å². The molecule has 5 nitrogen and oxygen atoms in total. The Morgan fingerprint density at radius 1 is 0.970 bits per heavy atom.